The van der Waals surface area contributed by atoms with E-state index >= 15 is 0 Å². The predicted molar refractivity (Wildman–Crippen MR) is 81.8 cm³/mol. The zero-order valence-electron chi connectivity index (χ0n) is 12.0. The Labute approximate surface area is 125 Å². The number of benzene rings is 1. The number of aromatic nitrogens is 2. The van der Waals surface area contributed by atoms with Crippen LogP contribution in [0.25, 0.3) is 0 Å². The Kier molecular flexibility index (Phi) is 3.81. The Balaban J connectivity index is 1.81. The molecule has 0 bridgehead atoms. The molecule has 1 aromatic carbocycles. The molecule has 20 heavy (non-hydrogen) atoms. The number of hydrogen-bond acceptors (Lipinski definition) is 2. The van der Waals surface area contributed by atoms with Gasteiger partial charge in [-0.2, -0.15) is 0 Å². The van der Waals surface area contributed by atoms with Gasteiger partial charge >= 0.3 is 0 Å². The van der Waals surface area contributed by atoms with Crippen molar-refractivity contribution in [2.24, 2.45) is 7.05 Å². The predicted octanol–water partition coefficient (Wildman–Crippen LogP) is 3.58. The molecular weight excluding hydrogens is 270 g/mol. The molecule has 1 aliphatic carbocycles. The quantitative estimate of drug-likeness (QED) is 0.861. The van der Waals surface area contributed by atoms with Crippen LogP contribution >= 0.6 is 11.6 Å². The number of hydrogen-bond donors (Lipinski definition) is 0. The van der Waals surface area contributed by atoms with Gasteiger partial charge < -0.3 is 4.57 Å². The first-order chi connectivity index (χ1) is 9.66. The van der Waals surface area contributed by atoms with Crippen LogP contribution in [0, 0.1) is 0 Å². The van der Waals surface area contributed by atoms with E-state index in [1.807, 2.05) is 11.6 Å². The second kappa shape index (κ2) is 5.58. The number of imidazole rings is 1. The number of aryl methyl sites for hydroxylation is 1. The fourth-order valence-corrected chi connectivity index (χ4v) is 3.24. The van der Waals surface area contributed by atoms with Gasteiger partial charge in [-0.25, -0.2) is 4.98 Å². The first-order valence-electron chi connectivity index (χ1n) is 7.11. The molecule has 0 N–H and O–H groups in total. The van der Waals surface area contributed by atoms with Crippen molar-refractivity contribution in [2.75, 3.05) is 7.05 Å². The summed E-state index contributed by atoms with van der Waals surface area (Å²) in [5, 5.41) is 0.692. The van der Waals surface area contributed by atoms with Crippen molar-refractivity contribution in [1.29, 1.82) is 0 Å². The highest BCUT2D eigenvalue weighted by Crippen LogP contribution is 2.34. The summed E-state index contributed by atoms with van der Waals surface area (Å²) in [6.45, 7) is 0.822. The average Bonchev–Trinajstić information content (AvgIpc) is 2.78. The molecular formula is C16H20ClN3. The molecule has 0 fully saturated rings. The minimum absolute atomic E-state index is 0.482. The van der Waals surface area contributed by atoms with E-state index in [1.165, 1.54) is 30.4 Å². The Hall–Kier alpha value is -1.32. The molecule has 0 spiro atoms. The standard InChI is InChI=1S/C16H20ClN3/c1-19(11-16-18-10-15(17)20(16)2)14-9-5-7-12-6-3-4-8-13(12)14/h3-4,6,8,10,14H,5,7,9,11H2,1-2H3/t14-/m0/s1. The van der Waals surface area contributed by atoms with Gasteiger partial charge in [0.1, 0.15) is 11.0 Å². The molecule has 2 aromatic rings. The van der Waals surface area contributed by atoms with Gasteiger partial charge in [0.2, 0.25) is 0 Å². The van der Waals surface area contributed by atoms with Crippen molar-refractivity contribution >= 4 is 11.6 Å². The van der Waals surface area contributed by atoms with Crippen LogP contribution < -0.4 is 0 Å². The summed E-state index contributed by atoms with van der Waals surface area (Å²) in [6.07, 6.45) is 5.40. The molecule has 1 aliphatic rings. The van der Waals surface area contributed by atoms with Crippen LogP contribution in [0.1, 0.15) is 35.8 Å². The van der Waals surface area contributed by atoms with Crippen LogP contribution in [0.3, 0.4) is 0 Å². The van der Waals surface area contributed by atoms with E-state index in [1.54, 1.807) is 6.20 Å². The zero-order chi connectivity index (χ0) is 14.1. The first kappa shape index (κ1) is 13.7. The zero-order valence-corrected chi connectivity index (χ0v) is 12.8. The summed E-state index contributed by atoms with van der Waals surface area (Å²) in [5.41, 5.74) is 2.97. The van der Waals surface area contributed by atoms with Crippen molar-refractivity contribution in [3.05, 3.63) is 52.6 Å². The average molecular weight is 290 g/mol. The number of fused-ring (bicyclic) bond motifs is 1. The second-order valence-corrected chi connectivity index (χ2v) is 5.97. The molecule has 3 rings (SSSR count). The third-order valence-corrected chi connectivity index (χ3v) is 4.64. The topological polar surface area (TPSA) is 21.1 Å². The lowest BCUT2D eigenvalue weighted by Crippen LogP contribution is -2.28. The van der Waals surface area contributed by atoms with E-state index in [9.17, 15) is 0 Å². The molecule has 1 atom stereocenters. The molecule has 0 aliphatic heterocycles. The van der Waals surface area contributed by atoms with E-state index in [0.29, 0.717) is 11.2 Å². The van der Waals surface area contributed by atoms with E-state index in [2.05, 4.69) is 41.2 Å². The first-order valence-corrected chi connectivity index (χ1v) is 7.48. The van der Waals surface area contributed by atoms with E-state index in [-0.39, 0.29) is 0 Å². The monoisotopic (exact) mass is 289 g/mol. The van der Waals surface area contributed by atoms with E-state index in [4.69, 9.17) is 11.6 Å². The summed E-state index contributed by atoms with van der Waals surface area (Å²) in [4.78, 5) is 6.78. The maximum absolute atomic E-state index is 6.06. The van der Waals surface area contributed by atoms with Gasteiger partial charge in [-0.3, -0.25) is 4.90 Å². The summed E-state index contributed by atoms with van der Waals surface area (Å²) in [6, 6.07) is 9.28. The van der Waals surface area contributed by atoms with Crippen LogP contribution in [-0.2, 0) is 20.0 Å². The van der Waals surface area contributed by atoms with Gasteiger partial charge in [0, 0.05) is 13.1 Å². The number of halogens is 1. The Morgan fingerprint density at radius 1 is 1.40 bits per heavy atom. The lowest BCUT2D eigenvalue weighted by Gasteiger charge is -2.33. The van der Waals surface area contributed by atoms with Crippen LogP contribution in [0.4, 0.5) is 0 Å². The third-order valence-electron chi connectivity index (χ3n) is 4.29. The molecule has 0 saturated carbocycles. The van der Waals surface area contributed by atoms with Gasteiger partial charge in [0.25, 0.3) is 0 Å². The normalized spacial score (nSPS) is 18.3. The fourth-order valence-electron chi connectivity index (χ4n) is 3.09. The number of nitrogens with zero attached hydrogens (tertiary/aromatic N) is 3. The molecule has 106 valence electrons. The van der Waals surface area contributed by atoms with Gasteiger partial charge in [-0.15, -0.1) is 0 Å². The summed E-state index contributed by atoms with van der Waals surface area (Å²) in [5.74, 6) is 1.01. The van der Waals surface area contributed by atoms with Crippen LogP contribution in [0.5, 0.6) is 0 Å². The molecule has 0 radical (unpaired) electrons. The lowest BCUT2D eigenvalue weighted by molar-refractivity contribution is 0.206. The summed E-state index contributed by atoms with van der Waals surface area (Å²) >= 11 is 6.06. The summed E-state index contributed by atoms with van der Waals surface area (Å²) in [7, 11) is 4.14. The van der Waals surface area contributed by atoms with Gasteiger partial charge in [0.15, 0.2) is 0 Å². The minimum atomic E-state index is 0.482. The van der Waals surface area contributed by atoms with Crippen molar-refractivity contribution in [1.82, 2.24) is 14.5 Å². The highest BCUT2D eigenvalue weighted by atomic mass is 35.5. The molecule has 3 nitrogen and oxygen atoms in total. The minimum Gasteiger partial charge on any atom is -0.321 e. The van der Waals surface area contributed by atoms with E-state index in [0.717, 1.165) is 12.4 Å². The van der Waals surface area contributed by atoms with Gasteiger partial charge in [-0.05, 0) is 37.4 Å². The highest BCUT2D eigenvalue weighted by Gasteiger charge is 2.24. The van der Waals surface area contributed by atoms with E-state index < -0.39 is 0 Å². The SMILES string of the molecule is CN(Cc1ncc(Cl)n1C)[C@H]1CCCc2ccccc21. The highest BCUT2D eigenvalue weighted by molar-refractivity contribution is 6.29. The number of rotatable bonds is 3. The lowest BCUT2D eigenvalue weighted by atomic mass is 9.87. The Bertz CT molecular complexity index is 606. The summed E-state index contributed by atoms with van der Waals surface area (Å²) < 4.78 is 1.95. The van der Waals surface area contributed by atoms with Crippen molar-refractivity contribution < 1.29 is 0 Å². The van der Waals surface area contributed by atoms with Crippen molar-refractivity contribution in [3.8, 4) is 0 Å². The second-order valence-electron chi connectivity index (χ2n) is 5.58. The molecule has 4 heteroatoms. The third kappa shape index (κ3) is 2.48. The van der Waals surface area contributed by atoms with Crippen LogP contribution in [0.15, 0.2) is 30.5 Å². The smallest absolute Gasteiger partial charge is 0.128 e. The molecule has 0 amide bonds. The van der Waals surface area contributed by atoms with Crippen molar-refractivity contribution in [2.45, 2.75) is 31.8 Å². The van der Waals surface area contributed by atoms with Crippen LogP contribution in [-0.4, -0.2) is 21.5 Å². The molecule has 1 aromatic heterocycles. The van der Waals surface area contributed by atoms with Gasteiger partial charge in [-0.1, -0.05) is 35.9 Å². The maximum atomic E-state index is 6.06. The maximum Gasteiger partial charge on any atom is 0.128 e. The molecule has 1 heterocycles. The fraction of sp³-hybridized carbons (Fsp3) is 0.438. The molecule has 0 unspecified atom stereocenters. The Morgan fingerprint density at radius 3 is 2.95 bits per heavy atom. The van der Waals surface area contributed by atoms with Gasteiger partial charge in [0.05, 0.1) is 12.7 Å². The van der Waals surface area contributed by atoms with Crippen LogP contribution in [0.2, 0.25) is 5.15 Å². The Morgan fingerprint density at radius 2 is 2.20 bits per heavy atom. The largest absolute Gasteiger partial charge is 0.321 e. The molecule has 0 saturated heterocycles. The van der Waals surface area contributed by atoms with Crippen molar-refractivity contribution in [3.63, 3.8) is 0 Å².